The van der Waals surface area contributed by atoms with Crippen molar-refractivity contribution in [2.24, 2.45) is 0 Å². The van der Waals surface area contributed by atoms with Crippen molar-refractivity contribution in [1.29, 1.82) is 0 Å². The maximum atomic E-state index is 13.2. The lowest BCUT2D eigenvalue weighted by Gasteiger charge is -2.20. The number of ether oxygens (including phenoxy) is 3. The largest absolute Gasteiger partial charge is 0.619 e. The molecule has 0 atom stereocenters. The molecule has 1 amide bonds. The van der Waals surface area contributed by atoms with Gasteiger partial charge in [-0.25, -0.2) is 13.2 Å². The quantitative estimate of drug-likeness (QED) is 0.223. The summed E-state index contributed by atoms with van der Waals surface area (Å²) in [7, 11) is -2.50. The average Bonchev–Trinajstić information content (AvgIpc) is 2.86. The van der Waals surface area contributed by atoms with Crippen molar-refractivity contribution < 1.29 is 32.2 Å². The van der Waals surface area contributed by atoms with E-state index in [1.54, 1.807) is 75.4 Å². The molecule has 202 valence electrons. The van der Waals surface area contributed by atoms with Crippen LogP contribution in [0.25, 0.3) is 12.2 Å². The molecule has 10 nitrogen and oxygen atoms in total. The van der Waals surface area contributed by atoms with E-state index in [1.807, 2.05) is 0 Å². The molecule has 0 saturated carbocycles. The summed E-state index contributed by atoms with van der Waals surface area (Å²) in [6.07, 6.45) is 5.60. The first-order chi connectivity index (χ1) is 18.0. The number of nitrogens with zero attached hydrogens (tertiary/aromatic N) is 1. The van der Waals surface area contributed by atoms with E-state index < -0.39 is 21.7 Å². The Labute approximate surface area is 222 Å². The number of benzene rings is 2. The highest BCUT2D eigenvalue weighted by Gasteiger charge is 2.20. The first-order valence-electron chi connectivity index (χ1n) is 11.7. The van der Waals surface area contributed by atoms with Crippen LogP contribution in [0, 0.1) is 5.21 Å². The predicted octanol–water partition coefficient (Wildman–Crippen LogP) is 4.20. The smallest absolute Gasteiger partial charge is 0.407 e. The number of hydrogen-bond donors (Lipinski definition) is 2. The minimum atomic E-state index is -3.99. The Balaban J connectivity index is 1.86. The number of methoxy groups -OCH3 is 1. The molecule has 11 heteroatoms. The summed E-state index contributed by atoms with van der Waals surface area (Å²) in [5.74, 6) is 0.789. The van der Waals surface area contributed by atoms with Crippen molar-refractivity contribution in [1.82, 2.24) is 5.32 Å². The van der Waals surface area contributed by atoms with E-state index in [9.17, 15) is 18.4 Å². The fraction of sp³-hybridized carbons (Fsp3) is 0.259. The number of carbonyl (C=O) groups excluding carboxylic acids is 1. The van der Waals surface area contributed by atoms with Gasteiger partial charge >= 0.3 is 6.09 Å². The molecule has 0 radical (unpaired) electrons. The number of pyridine rings is 1. The van der Waals surface area contributed by atoms with Gasteiger partial charge in [-0.05, 0) is 56.7 Å². The van der Waals surface area contributed by atoms with Gasteiger partial charge in [-0.3, -0.25) is 4.72 Å². The van der Waals surface area contributed by atoms with E-state index in [2.05, 4.69) is 10.0 Å². The van der Waals surface area contributed by atoms with Crippen LogP contribution in [0.15, 0.2) is 71.9 Å². The molecule has 2 N–H and O–H groups in total. The highest BCUT2D eigenvalue weighted by Crippen LogP contribution is 2.32. The Bertz CT molecular complexity index is 1370. The average molecular weight is 542 g/mol. The van der Waals surface area contributed by atoms with Gasteiger partial charge in [0.2, 0.25) is 0 Å². The number of para-hydroxylation sites is 1. The number of rotatable bonds is 10. The van der Waals surface area contributed by atoms with Crippen LogP contribution in [-0.2, 0) is 14.8 Å². The first-order valence-corrected chi connectivity index (χ1v) is 13.2. The van der Waals surface area contributed by atoms with E-state index in [0.29, 0.717) is 16.0 Å². The Morgan fingerprint density at radius 1 is 1.03 bits per heavy atom. The molecule has 1 heterocycles. The second-order valence-corrected chi connectivity index (χ2v) is 10.8. The maximum Gasteiger partial charge on any atom is 0.407 e. The molecule has 38 heavy (non-hydrogen) atoms. The van der Waals surface area contributed by atoms with E-state index in [4.69, 9.17) is 14.2 Å². The van der Waals surface area contributed by atoms with Gasteiger partial charge in [-0.2, -0.15) is 4.73 Å². The Kier molecular flexibility index (Phi) is 9.19. The monoisotopic (exact) mass is 541 g/mol. The number of aromatic nitrogens is 1. The van der Waals surface area contributed by atoms with Crippen LogP contribution in [0.1, 0.15) is 31.9 Å². The molecule has 0 unspecified atom stereocenters. The highest BCUT2D eigenvalue weighted by atomic mass is 32.2. The maximum absolute atomic E-state index is 13.2. The zero-order valence-corrected chi connectivity index (χ0v) is 22.4. The molecule has 1 aromatic heterocycles. The third-order valence-corrected chi connectivity index (χ3v) is 6.34. The van der Waals surface area contributed by atoms with E-state index in [-0.39, 0.29) is 29.5 Å². The summed E-state index contributed by atoms with van der Waals surface area (Å²) >= 11 is 0. The molecular weight excluding hydrogens is 510 g/mol. The zero-order chi connectivity index (χ0) is 27.8. The fourth-order valence-corrected chi connectivity index (χ4v) is 4.31. The number of sulfonamides is 1. The van der Waals surface area contributed by atoms with Gasteiger partial charge in [0.15, 0.2) is 12.4 Å². The summed E-state index contributed by atoms with van der Waals surface area (Å²) in [5.41, 5.74) is 0.852. The van der Waals surface area contributed by atoms with Crippen molar-refractivity contribution in [3.63, 3.8) is 0 Å². The minimum Gasteiger partial charge on any atom is -0.619 e. The molecular formula is C27H31N3O7S. The van der Waals surface area contributed by atoms with Crippen molar-refractivity contribution >= 4 is 34.0 Å². The number of nitrogens with one attached hydrogen (secondary N) is 2. The molecule has 0 aliphatic heterocycles. The van der Waals surface area contributed by atoms with Crippen molar-refractivity contribution in [2.75, 3.05) is 25.0 Å². The van der Waals surface area contributed by atoms with Crippen LogP contribution < -0.4 is 24.2 Å². The summed E-state index contributed by atoms with van der Waals surface area (Å²) < 4.78 is 45.9. The lowest BCUT2D eigenvalue weighted by molar-refractivity contribution is -0.605. The molecule has 0 aliphatic carbocycles. The van der Waals surface area contributed by atoms with Crippen LogP contribution in [0.3, 0.4) is 0 Å². The number of carbonyl (C=O) groups is 1. The van der Waals surface area contributed by atoms with Crippen molar-refractivity contribution in [3.8, 4) is 11.5 Å². The molecule has 0 aliphatic rings. The molecule has 0 fully saturated rings. The number of anilines is 1. The molecule has 2 aromatic carbocycles. The lowest BCUT2D eigenvalue weighted by atomic mass is 10.1. The summed E-state index contributed by atoms with van der Waals surface area (Å²) in [4.78, 5) is 11.9. The normalized spacial score (nSPS) is 11.7. The van der Waals surface area contributed by atoms with E-state index in [0.717, 1.165) is 5.56 Å². The topological polar surface area (TPSA) is 130 Å². The van der Waals surface area contributed by atoms with Gasteiger partial charge in [0, 0.05) is 17.7 Å². The lowest BCUT2D eigenvalue weighted by Crippen LogP contribution is -2.34. The van der Waals surface area contributed by atoms with Gasteiger partial charge in [0.25, 0.3) is 10.0 Å². The SMILES string of the molecule is COc1ccc(S(=O)(=O)Nc2c(C=Cc3cc[n+]([O-])cc3)cccc2OCCNC(=O)OC(C)(C)C)cc1. The number of amides is 1. The second-order valence-electron chi connectivity index (χ2n) is 9.10. The third-order valence-electron chi connectivity index (χ3n) is 4.98. The molecule has 0 spiro atoms. The summed E-state index contributed by atoms with van der Waals surface area (Å²) in [6, 6.07) is 14.3. The Hall–Kier alpha value is -4.25. The van der Waals surface area contributed by atoms with E-state index in [1.165, 1.54) is 31.6 Å². The van der Waals surface area contributed by atoms with Crippen LogP contribution in [0.4, 0.5) is 10.5 Å². The van der Waals surface area contributed by atoms with Crippen LogP contribution in [0.2, 0.25) is 0 Å². The first kappa shape index (κ1) is 28.3. The van der Waals surface area contributed by atoms with Gasteiger partial charge in [0.1, 0.15) is 23.7 Å². The van der Waals surface area contributed by atoms with Gasteiger partial charge in [-0.15, -0.1) is 0 Å². The van der Waals surface area contributed by atoms with E-state index >= 15 is 0 Å². The fourth-order valence-electron chi connectivity index (χ4n) is 3.21. The molecule has 3 rings (SSSR count). The number of alkyl carbamates (subject to hydrolysis) is 1. The summed E-state index contributed by atoms with van der Waals surface area (Å²) in [6.45, 7) is 5.48. The summed E-state index contributed by atoms with van der Waals surface area (Å²) in [5, 5.41) is 13.9. The van der Waals surface area contributed by atoms with Crippen LogP contribution in [-0.4, -0.2) is 40.4 Å². The second kappa shape index (κ2) is 12.3. The molecule has 0 saturated heterocycles. The predicted molar refractivity (Wildman–Crippen MR) is 144 cm³/mol. The minimum absolute atomic E-state index is 0.0395. The van der Waals surface area contributed by atoms with Crippen LogP contribution >= 0.6 is 0 Å². The van der Waals surface area contributed by atoms with Gasteiger partial charge < -0.3 is 24.7 Å². The highest BCUT2D eigenvalue weighted by molar-refractivity contribution is 7.92. The molecule has 3 aromatic rings. The standard InChI is InChI=1S/C27H31N3O7S/c1-27(2,3)37-26(31)28-16-19-36-24-7-5-6-21(9-8-20-14-17-30(32)18-15-20)25(24)29-38(33,34)23-12-10-22(35-4)11-13-23/h5-15,17-18,29H,16,19H2,1-4H3,(H,28,31). The molecule has 0 bridgehead atoms. The van der Waals surface area contributed by atoms with Gasteiger partial charge in [-0.1, -0.05) is 24.3 Å². The number of hydrogen-bond acceptors (Lipinski definition) is 7. The van der Waals surface area contributed by atoms with Crippen LogP contribution in [0.5, 0.6) is 11.5 Å². The van der Waals surface area contributed by atoms with Gasteiger partial charge in [0.05, 0.1) is 24.2 Å². The Morgan fingerprint density at radius 3 is 2.34 bits per heavy atom. The van der Waals surface area contributed by atoms with Crippen molar-refractivity contribution in [2.45, 2.75) is 31.3 Å². The third kappa shape index (κ3) is 8.41. The Morgan fingerprint density at radius 2 is 1.71 bits per heavy atom. The zero-order valence-electron chi connectivity index (χ0n) is 21.6. The van der Waals surface area contributed by atoms with Crippen molar-refractivity contribution in [3.05, 3.63) is 83.3 Å².